The number of amides is 1. The third-order valence-electron chi connectivity index (χ3n) is 3.22. The summed E-state index contributed by atoms with van der Waals surface area (Å²) in [5.41, 5.74) is 5.85. The van der Waals surface area contributed by atoms with Crippen molar-refractivity contribution < 1.29 is 14.7 Å². The number of H-pyrrole nitrogens is 1. The standard InChI is InChI=1S/C14H12N6O4.I2/c15-14-18-11-10(12(22)19-14)16-6-20(11)5-9(21)17-8-3-1-7(2-4-8)13(23)24;1-2/h1-4,6H,5H2,(H,17,21)(H,23,24)(H3,15,18,19,22);. The Kier molecular flexibility index (Phi) is 6.90. The molecule has 2 heterocycles. The van der Waals surface area contributed by atoms with E-state index >= 15 is 0 Å². The number of nitrogens with two attached hydrogens (primary N) is 1. The van der Waals surface area contributed by atoms with E-state index in [0.717, 1.165) is 0 Å². The number of carboxylic acid groups (broad SMARTS) is 1. The van der Waals surface area contributed by atoms with Gasteiger partial charge in [-0.05, 0) is 24.3 Å². The number of aromatic amines is 1. The first-order chi connectivity index (χ1) is 12.4. The molecular formula is C14H12I2N6O4. The van der Waals surface area contributed by atoms with Crippen LogP contribution in [-0.2, 0) is 11.3 Å². The number of imidazole rings is 1. The maximum atomic E-state index is 12.1. The van der Waals surface area contributed by atoms with Gasteiger partial charge in [0.1, 0.15) is 6.54 Å². The summed E-state index contributed by atoms with van der Waals surface area (Å²) in [6, 6.07) is 5.72. The number of rotatable bonds is 4. The Balaban J connectivity index is 0.00000117. The van der Waals surface area contributed by atoms with Crippen LogP contribution in [0.4, 0.5) is 11.6 Å². The van der Waals surface area contributed by atoms with Gasteiger partial charge < -0.3 is 20.7 Å². The predicted molar refractivity (Wildman–Crippen MR) is 113 cm³/mol. The summed E-state index contributed by atoms with van der Waals surface area (Å²) in [4.78, 5) is 44.7. The number of nitrogen functional groups attached to an aromatic ring is 1. The van der Waals surface area contributed by atoms with E-state index in [1.54, 1.807) is 0 Å². The van der Waals surface area contributed by atoms with Gasteiger partial charge >= 0.3 is 5.97 Å². The SMILES string of the molecule is II.Nc1nc2c(ncn2CC(=O)Nc2ccc(C(=O)O)cc2)c(=O)[nH]1. The molecule has 0 aliphatic carbocycles. The Hall–Kier alpha value is -2.23. The lowest BCUT2D eigenvalue weighted by atomic mass is 10.2. The van der Waals surface area contributed by atoms with Gasteiger partial charge in [-0.25, -0.2) is 9.78 Å². The van der Waals surface area contributed by atoms with E-state index in [1.165, 1.54) is 35.2 Å². The highest BCUT2D eigenvalue weighted by Gasteiger charge is 2.12. The van der Waals surface area contributed by atoms with E-state index in [2.05, 4.69) is 57.5 Å². The average molecular weight is 582 g/mol. The Labute approximate surface area is 169 Å². The first-order valence-corrected chi connectivity index (χ1v) is 13.2. The second-order valence-corrected chi connectivity index (χ2v) is 4.93. The average Bonchev–Trinajstić information content (AvgIpc) is 3.00. The topological polar surface area (TPSA) is 156 Å². The van der Waals surface area contributed by atoms with Gasteiger partial charge in [0, 0.05) is 42.9 Å². The minimum Gasteiger partial charge on any atom is -0.478 e. The van der Waals surface area contributed by atoms with Crippen molar-refractivity contribution >= 4 is 71.9 Å². The quantitative estimate of drug-likeness (QED) is 0.342. The number of carboxylic acids is 1. The summed E-state index contributed by atoms with van der Waals surface area (Å²) >= 11 is 4.24. The highest BCUT2D eigenvalue weighted by molar-refractivity contribution is 15.0. The van der Waals surface area contributed by atoms with Crippen molar-refractivity contribution in [2.24, 2.45) is 0 Å². The molecule has 0 aliphatic heterocycles. The molecule has 0 radical (unpaired) electrons. The maximum absolute atomic E-state index is 12.1. The van der Waals surface area contributed by atoms with Gasteiger partial charge in [-0.15, -0.1) is 0 Å². The zero-order chi connectivity index (χ0) is 19.3. The molecule has 0 aliphatic rings. The molecule has 1 aromatic carbocycles. The predicted octanol–water partition coefficient (Wildman–Crippen LogP) is 1.81. The van der Waals surface area contributed by atoms with Gasteiger partial charge in [0.25, 0.3) is 5.56 Å². The van der Waals surface area contributed by atoms with Crippen LogP contribution in [-0.4, -0.2) is 36.5 Å². The summed E-state index contributed by atoms with van der Waals surface area (Å²) in [7, 11) is 0. The zero-order valence-corrected chi connectivity index (χ0v) is 17.3. The van der Waals surface area contributed by atoms with Crippen molar-refractivity contribution in [3.05, 3.63) is 46.5 Å². The van der Waals surface area contributed by atoms with Crippen molar-refractivity contribution in [3.63, 3.8) is 0 Å². The van der Waals surface area contributed by atoms with Crippen LogP contribution in [0.5, 0.6) is 0 Å². The van der Waals surface area contributed by atoms with Gasteiger partial charge in [0.15, 0.2) is 11.2 Å². The van der Waals surface area contributed by atoms with E-state index in [-0.39, 0.29) is 29.2 Å². The second kappa shape index (κ2) is 8.93. The van der Waals surface area contributed by atoms with Crippen LogP contribution in [0, 0.1) is 0 Å². The van der Waals surface area contributed by atoms with Crippen LogP contribution < -0.4 is 16.6 Å². The third kappa shape index (κ3) is 4.69. The molecule has 10 nitrogen and oxygen atoms in total. The number of hydrogen-bond donors (Lipinski definition) is 4. The van der Waals surface area contributed by atoms with Gasteiger partial charge in [-0.2, -0.15) is 4.98 Å². The molecule has 0 saturated carbocycles. The highest BCUT2D eigenvalue weighted by Crippen LogP contribution is 2.11. The Bertz CT molecular complexity index is 999. The third-order valence-corrected chi connectivity index (χ3v) is 3.22. The number of nitrogens with zero attached hydrogens (tertiary/aromatic N) is 3. The summed E-state index contributed by atoms with van der Waals surface area (Å²) in [6.07, 6.45) is 1.32. The summed E-state index contributed by atoms with van der Waals surface area (Å²) in [6.45, 7) is -0.132. The molecule has 0 bridgehead atoms. The van der Waals surface area contributed by atoms with E-state index in [1.807, 2.05) is 0 Å². The lowest BCUT2D eigenvalue weighted by Crippen LogP contribution is -2.19. The van der Waals surface area contributed by atoms with Crippen LogP contribution in [0.15, 0.2) is 35.4 Å². The number of fused-ring (bicyclic) bond motifs is 1. The van der Waals surface area contributed by atoms with Crippen molar-refractivity contribution in [3.8, 4) is 0 Å². The number of nitrogens with one attached hydrogen (secondary N) is 2. The summed E-state index contributed by atoms with van der Waals surface area (Å²) < 4.78 is 1.39. The number of aromatic nitrogens is 4. The molecule has 5 N–H and O–H groups in total. The number of hydrogen-bond acceptors (Lipinski definition) is 6. The van der Waals surface area contributed by atoms with Gasteiger partial charge in [0.2, 0.25) is 11.9 Å². The van der Waals surface area contributed by atoms with Gasteiger partial charge in [-0.1, -0.05) is 0 Å². The Morgan fingerprint density at radius 1 is 1.27 bits per heavy atom. The fourth-order valence-corrected chi connectivity index (χ4v) is 2.14. The lowest BCUT2D eigenvalue weighted by molar-refractivity contribution is -0.116. The van der Waals surface area contributed by atoms with Crippen molar-refractivity contribution in [1.29, 1.82) is 0 Å². The molecular weight excluding hydrogens is 570 g/mol. The number of benzene rings is 1. The first-order valence-electron chi connectivity index (χ1n) is 6.92. The van der Waals surface area contributed by atoms with E-state index in [9.17, 15) is 14.4 Å². The lowest BCUT2D eigenvalue weighted by Gasteiger charge is -2.07. The molecule has 0 fully saturated rings. The van der Waals surface area contributed by atoms with Gasteiger partial charge in [-0.3, -0.25) is 14.6 Å². The van der Waals surface area contributed by atoms with Crippen LogP contribution >= 0.6 is 37.2 Å². The molecule has 136 valence electrons. The number of carbonyl (C=O) groups is 2. The summed E-state index contributed by atoms with van der Waals surface area (Å²) in [5.74, 6) is -1.51. The monoisotopic (exact) mass is 582 g/mol. The van der Waals surface area contributed by atoms with Crippen molar-refractivity contribution in [2.45, 2.75) is 6.54 Å². The van der Waals surface area contributed by atoms with Crippen LogP contribution in [0.2, 0.25) is 0 Å². The Morgan fingerprint density at radius 2 is 1.92 bits per heavy atom. The van der Waals surface area contributed by atoms with Gasteiger partial charge in [0.05, 0.1) is 11.9 Å². The molecule has 0 atom stereocenters. The van der Waals surface area contributed by atoms with Crippen LogP contribution in [0.25, 0.3) is 11.2 Å². The Morgan fingerprint density at radius 3 is 2.54 bits per heavy atom. The summed E-state index contributed by atoms with van der Waals surface area (Å²) in [5, 5.41) is 11.4. The number of carbonyl (C=O) groups excluding carboxylic acids is 1. The van der Waals surface area contributed by atoms with E-state index in [0.29, 0.717) is 5.69 Å². The fraction of sp³-hybridized carbons (Fsp3) is 0.0714. The van der Waals surface area contributed by atoms with Crippen LogP contribution in [0.1, 0.15) is 10.4 Å². The fourth-order valence-electron chi connectivity index (χ4n) is 2.14. The highest BCUT2D eigenvalue weighted by atomic mass is 128. The molecule has 0 spiro atoms. The van der Waals surface area contributed by atoms with Crippen molar-refractivity contribution in [2.75, 3.05) is 11.1 Å². The second-order valence-electron chi connectivity index (χ2n) is 4.93. The minimum absolute atomic E-state index is 0.0704. The zero-order valence-electron chi connectivity index (χ0n) is 12.9. The smallest absolute Gasteiger partial charge is 0.335 e. The molecule has 0 unspecified atom stereocenters. The largest absolute Gasteiger partial charge is 0.478 e. The molecule has 12 heteroatoms. The minimum atomic E-state index is -1.05. The normalized spacial score (nSPS) is 10.1. The van der Waals surface area contributed by atoms with E-state index < -0.39 is 17.4 Å². The molecule has 2 aromatic heterocycles. The number of anilines is 2. The van der Waals surface area contributed by atoms with Crippen LogP contribution in [0.3, 0.4) is 0 Å². The number of halogens is 2. The number of aromatic carboxylic acids is 1. The molecule has 26 heavy (non-hydrogen) atoms. The molecule has 0 saturated heterocycles. The molecule has 1 amide bonds. The van der Waals surface area contributed by atoms with Crippen molar-refractivity contribution in [1.82, 2.24) is 19.5 Å². The first kappa shape index (κ1) is 20.1. The molecule has 3 rings (SSSR count). The molecule has 3 aromatic rings. The maximum Gasteiger partial charge on any atom is 0.335 e. The van der Waals surface area contributed by atoms with E-state index in [4.69, 9.17) is 10.8 Å².